The molecule has 3 N–H and O–H groups in total. The first-order valence-corrected chi connectivity index (χ1v) is 10.9. The Hall–Kier alpha value is -2.95. The fraction of sp³-hybridized carbons (Fsp3) is 0.400. The number of aryl methyl sites for hydroxylation is 1. The molecule has 3 aromatic rings. The molecule has 1 aliphatic heterocycles. The van der Waals surface area contributed by atoms with Gasteiger partial charge in [-0.15, -0.1) is 0 Å². The van der Waals surface area contributed by atoms with Crippen LogP contribution in [0.15, 0.2) is 53.1 Å². The molecule has 4 unspecified atom stereocenters. The standard InChI is InChI=1S/C25H28O9/c1-30-13-20-22(28)23(29)24(31-2)25(34-20)33-19-5-3-4-16(26)21(19)17(27)8-6-14-7-9-18-15(12-14)10-11-32-18/h3-5,7,9-12,20,22-26,28-29H,6,8,13H2,1-2H3/t20-,22?,23?,24?,25?/m1/s1. The zero-order chi connectivity index (χ0) is 24.2. The van der Waals surface area contributed by atoms with Crippen LogP contribution < -0.4 is 4.74 Å². The number of phenols is 1. The van der Waals surface area contributed by atoms with Crippen molar-refractivity contribution in [2.75, 3.05) is 20.8 Å². The summed E-state index contributed by atoms with van der Waals surface area (Å²) in [6, 6.07) is 12.0. The van der Waals surface area contributed by atoms with Crippen LogP contribution in [0.4, 0.5) is 0 Å². The summed E-state index contributed by atoms with van der Waals surface area (Å²) in [6.07, 6.45) is -3.42. The van der Waals surface area contributed by atoms with E-state index in [9.17, 15) is 20.1 Å². The van der Waals surface area contributed by atoms with Crippen molar-refractivity contribution in [1.29, 1.82) is 0 Å². The molecule has 1 aliphatic rings. The van der Waals surface area contributed by atoms with E-state index in [1.807, 2.05) is 24.3 Å². The van der Waals surface area contributed by atoms with E-state index < -0.39 is 30.7 Å². The van der Waals surface area contributed by atoms with Crippen LogP contribution in [-0.2, 0) is 20.6 Å². The van der Waals surface area contributed by atoms with Crippen molar-refractivity contribution in [3.8, 4) is 11.5 Å². The maximum Gasteiger partial charge on any atom is 0.229 e. The summed E-state index contributed by atoms with van der Waals surface area (Å²) in [5.41, 5.74) is 1.73. The monoisotopic (exact) mass is 472 g/mol. The van der Waals surface area contributed by atoms with Gasteiger partial charge in [-0.2, -0.15) is 0 Å². The normalized spacial score (nSPS) is 24.9. The molecule has 1 fully saturated rings. The average Bonchev–Trinajstić information content (AvgIpc) is 3.29. The first-order chi connectivity index (χ1) is 16.4. The minimum absolute atomic E-state index is 0.00856. The quantitative estimate of drug-likeness (QED) is 0.402. The van der Waals surface area contributed by atoms with Crippen molar-refractivity contribution in [3.63, 3.8) is 0 Å². The van der Waals surface area contributed by atoms with Gasteiger partial charge in [0.2, 0.25) is 6.29 Å². The number of carbonyl (C=O) groups excluding carboxylic acids is 1. The largest absolute Gasteiger partial charge is 0.507 e. The highest BCUT2D eigenvalue weighted by molar-refractivity contribution is 6.01. The predicted molar refractivity (Wildman–Crippen MR) is 121 cm³/mol. The fourth-order valence-corrected chi connectivity index (χ4v) is 4.13. The molecule has 0 amide bonds. The van der Waals surface area contributed by atoms with E-state index in [4.69, 9.17) is 23.4 Å². The minimum atomic E-state index is -1.31. The summed E-state index contributed by atoms with van der Waals surface area (Å²) in [6.45, 7) is 0.0152. The molecule has 0 radical (unpaired) electrons. The summed E-state index contributed by atoms with van der Waals surface area (Å²) in [5.74, 6) is -0.465. The van der Waals surface area contributed by atoms with E-state index in [2.05, 4.69) is 0 Å². The second-order valence-electron chi connectivity index (χ2n) is 8.16. The third kappa shape index (κ3) is 4.94. The molecule has 0 aliphatic carbocycles. The van der Waals surface area contributed by atoms with E-state index >= 15 is 0 Å². The Balaban J connectivity index is 1.52. The van der Waals surface area contributed by atoms with Gasteiger partial charge in [-0.1, -0.05) is 12.1 Å². The number of benzene rings is 2. The van der Waals surface area contributed by atoms with Crippen LogP contribution in [0, 0.1) is 0 Å². The highest BCUT2D eigenvalue weighted by Gasteiger charge is 2.46. The molecular weight excluding hydrogens is 444 g/mol. The van der Waals surface area contributed by atoms with Gasteiger partial charge in [0.05, 0.1) is 12.9 Å². The van der Waals surface area contributed by atoms with Crippen molar-refractivity contribution in [1.82, 2.24) is 0 Å². The third-order valence-corrected chi connectivity index (χ3v) is 5.93. The Morgan fingerprint density at radius 2 is 1.91 bits per heavy atom. The van der Waals surface area contributed by atoms with E-state index in [0.29, 0.717) is 6.42 Å². The van der Waals surface area contributed by atoms with Gasteiger partial charge in [0, 0.05) is 26.0 Å². The van der Waals surface area contributed by atoms with Crippen LogP contribution in [0.25, 0.3) is 11.0 Å². The molecule has 0 spiro atoms. The Bertz CT molecular complexity index is 1120. The van der Waals surface area contributed by atoms with E-state index in [0.717, 1.165) is 16.5 Å². The highest BCUT2D eigenvalue weighted by atomic mass is 16.7. The zero-order valence-electron chi connectivity index (χ0n) is 18.9. The molecule has 4 rings (SSSR count). The maximum atomic E-state index is 13.1. The number of phenolic OH excluding ortho intramolecular Hbond substituents is 1. The van der Waals surface area contributed by atoms with Crippen LogP contribution in [0.5, 0.6) is 11.5 Å². The summed E-state index contributed by atoms with van der Waals surface area (Å²) in [5, 5.41) is 32.2. The molecule has 0 bridgehead atoms. The number of Topliss-reactive ketones (excluding diaryl/α,β-unsaturated/α-hetero) is 1. The number of hydrogen-bond acceptors (Lipinski definition) is 9. The van der Waals surface area contributed by atoms with Crippen molar-refractivity contribution in [3.05, 3.63) is 59.9 Å². The van der Waals surface area contributed by atoms with Gasteiger partial charge in [0.25, 0.3) is 0 Å². The van der Waals surface area contributed by atoms with Crippen LogP contribution in [0.3, 0.4) is 0 Å². The summed E-state index contributed by atoms with van der Waals surface area (Å²) >= 11 is 0. The summed E-state index contributed by atoms with van der Waals surface area (Å²) in [4.78, 5) is 13.1. The maximum absolute atomic E-state index is 13.1. The third-order valence-electron chi connectivity index (χ3n) is 5.93. The van der Waals surface area contributed by atoms with Crippen LogP contribution in [0.1, 0.15) is 22.3 Å². The summed E-state index contributed by atoms with van der Waals surface area (Å²) < 4.78 is 27.4. The van der Waals surface area contributed by atoms with Crippen molar-refractivity contribution in [2.24, 2.45) is 0 Å². The smallest absolute Gasteiger partial charge is 0.229 e. The number of rotatable bonds is 9. The zero-order valence-corrected chi connectivity index (χ0v) is 18.9. The molecule has 9 heteroatoms. The van der Waals surface area contributed by atoms with Crippen molar-refractivity contribution in [2.45, 2.75) is 43.5 Å². The first kappa shape index (κ1) is 24.2. The molecule has 1 saturated heterocycles. The van der Waals surface area contributed by atoms with Gasteiger partial charge >= 0.3 is 0 Å². The van der Waals surface area contributed by atoms with E-state index in [-0.39, 0.29) is 35.9 Å². The second-order valence-corrected chi connectivity index (χ2v) is 8.16. The lowest BCUT2D eigenvalue weighted by Crippen LogP contribution is -2.60. The molecule has 2 aromatic carbocycles. The minimum Gasteiger partial charge on any atom is -0.507 e. The number of furan rings is 1. The fourth-order valence-electron chi connectivity index (χ4n) is 4.13. The molecule has 2 heterocycles. The molecule has 5 atom stereocenters. The topological polar surface area (TPSA) is 128 Å². The van der Waals surface area contributed by atoms with E-state index in [1.165, 1.54) is 32.4 Å². The molecule has 9 nitrogen and oxygen atoms in total. The lowest BCUT2D eigenvalue weighted by Gasteiger charge is -2.41. The van der Waals surface area contributed by atoms with Crippen molar-refractivity contribution >= 4 is 16.8 Å². The number of aromatic hydroxyl groups is 1. The average molecular weight is 472 g/mol. The lowest BCUT2D eigenvalue weighted by molar-refractivity contribution is -0.284. The number of ketones is 1. The SMILES string of the molecule is COC[C@H]1OC(Oc2cccc(O)c2C(=O)CCc2ccc3occc3c2)C(OC)C(O)C1O. The number of aliphatic hydroxyl groups is 2. The number of fused-ring (bicyclic) bond motifs is 1. The predicted octanol–water partition coefficient (Wildman–Crippen LogP) is 2.44. The van der Waals surface area contributed by atoms with Gasteiger partial charge < -0.3 is 38.7 Å². The number of methoxy groups -OCH3 is 2. The molecule has 0 saturated carbocycles. The van der Waals surface area contributed by atoms with Gasteiger partial charge in [-0.05, 0) is 42.3 Å². The molecule has 34 heavy (non-hydrogen) atoms. The first-order valence-electron chi connectivity index (χ1n) is 10.9. The van der Waals surface area contributed by atoms with Crippen LogP contribution in [-0.4, -0.2) is 72.6 Å². The second kappa shape index (κ2) is 10.5. The Labute approximate surface area is 196 Å². The Kier molecular flexibility index (Phi) is 7.50. The number of carbonyl (C=O) groups is 1. The van der Waals surface area contributed by atoms with Gasteiger partial charge in [0.15, 0.2) is 5.78 Å². The lowest BCUT2D eigenvalue weighted by atomic mass is 9.98. The Morgan fingerprint density at radius 1 is 1.09 bits per heavy atom. The van der Waals surface area contributed by atoms with Crippen LogP contribution in [0.2, 0.25) is 0 Å². The number of aliphatic hydroxyl groups excluding tert-OH is 2. The van der Waals surface area contributed by atoms with Gasteiger partial charge in [-0.3, -0.25) is 4.79 Å². The molecular formula is C25H28O9. The Morgan fingerprint density at radius 3 is 2.68 bits per heavy atom. The van der Waals surface area contributed by atoms with Gasteiger partial charge in [-0.25, -0.2) is 0 Å². The van der Waals surface area contributed by atoms with Crippen LogP contribution >= 0.6 is 0 Å². The number of hydrogen-bond donors (Lipinski definition) is 3. The molecule has 182 valence electrons. The molecule has 1 aromatic heterocycles. The van der Waals surface area contributed by atoms with E-state index in [1.54, 1.807) is 6.26 Å². The van der Waals surface area contributed by atoms with Crippen molar-refractivity contribution < 1.29 is 43.5 Å². The highest BCUT2D eigenvalue weighted by Crippen LogP contribution is 2.33. The number of ether oxygens (including phenoxy) is 4. The summed E-state index contributed by atoms with van der Waals surface area (Å²) in [7, 11) is 2.79. The van der Waals surface area contributed by atoms with Gasteiger partial charge in [0.1, 0.15) is 47.1 Å².